The van der Waals surface area contributed by atoms with Gasteiger partial charge in [-0.15, -0.1) is 11.3 Å². The highest BCUT2D eigenvalue weighted by Gasteiger charge is 2.27. The molecule has 7 heteroatoms. The molecule has 2 aliphatic rings. The van der Waals surface area contributed by atoms with Crippen LogP contribution in [0.25, 0.3) is 5.69 Å². The number of nitrogens with one attached hydrogen (secondary N) is 1. The second-order valence-corrected chi connectivity index (χ2v) is 11.1. The zero-order valence-corrected chi connectivity index (χ0v) is 21.8. The van der Waals surface area contributed by atoms with Gasteiger partial charge >= 0.3 is 5.97 Å². The third kappa shape index (κ3) is 4.89. The minimum Gasteiger partial charge on any atom is -0.478 e. The first kappa shape index (κ1) is 24.5. The molecule has 2 heterocycles. The van der Waals surface area contributed by atoms with Crippen LogP contribution >= 0.6 is 11.3 Å². The van der Waals surface area contributed by atoms with Crippen molar-refractivity contribution in [2.24, 2.45) is 4.99 Å². The summed E-state index contributed by atoms with van der Waals surface area (Å²) in [5, 5.41) is 13.3. The van der Waals surface area contributed by atoms with E-state index in [0.717, 1.165) is 65.3 Å². The minimum atomic E-state index is -0.933. The molecule has 0 radical (unpaired) electrons. The molecule has 3 aromatic rings. The van der Waals surface area contributed by atoms with Crippen LogP contribution in [0.3, 0.4) is 0 Å². The zero-order valence-electron chi connectivity index (χ0n) is 21.0. The fourth-order valence-electron chi connectivity index (χ4n) is 5.58. The van der Waals surface area contributed by atoms with Crippen LogP contribution in [0.1, 0.15) is 93.1 Å². The zero-order chi connectivity index (χ0) is 25.2. The summed E-state index contributed by atoms with van der Waals surface area (Å²) >= 11 is 1.67. The number of rotatable bonds is 6. The van der Waals surface area contributed by atoms with Crippen molar-refractivity contribution in [1.82, 2.24) is 9.88 Å². The topological polar surface area (TPSA) is 83.7 Å². The molecule has 0 spiro atoms. The van der Waals surface area contributed by atoms with Gasteiger partial charge in [0.2, 0.25) is 0 Å². The number of aryl methyl sites for hydroxylation is 2. The molecular formula is C29H33N3O3S. The van der Waals surface area contributed by atoms with E-state index >= 15 is 0 Å². The third-order valence-electron chi connectivity index (χ3n) is 7.48. The lowest BCUT2D eigenvalue weighted by Gasteiger charge is -2.23. The fourth-order valence-corrected chi connectivity index (χ4v) is 6.81. The highest BCUT2D eigenvalue weighted by molar-refractivity contribution is 7.16. The average Bonchev–Trinajstić information content (AvgIpc) is 3.39. The molecule has 2 N–H and O–H groups in total. The minimum absolute atomic E-state index is 0.0393. The molecule has 5 rings (SSSR count). The van der Waals surface area contributed by atoms with Gasteiger partial charge in [-0.2, -0.15) is 0 Å². The smallest absolute Gasteiger partial charge is 0.335 e. The van der Waals surface area contributed by atoms with Gasteiger partial charge in [-0.25, -0.2) is 9.79 Å². The van der Waals surface area contributed by atoms with Crippen molar-refractivity contribution in [3.8, 4) is 5.69 Å². The Labute approximate surface area is 216 Å². The van der Waals surface area contributed by atoms with Crippen LogP contribution in [-0.4, -0.2) is 33.8 Å². The number of hydrogen-bond acceptors (Lipinski definition) is 4. The predicted molar refractivity (Wildman–Crippen MR) is 145 cm³/mol. The van der Waals surface area contributed by atoms with Gasteiger partial charge in [-0.1, -0.05) is 19.3 Å². The summed E-state index contributed by atoms with van der Waals surface area (Å²) in [5.41, 5.74) is 6.22. The quantitative estimate of drug-likeness (QED) is 0.374. The highest BCUT2D eigenvalue weighted by Crippen LogP contribution is 2.40. The van der Waals surface area contributed by atoms with Crippen LogP contribution in [0.2, 0.25) is 0 Å². The summed E-state index contributed by atoms with van der Waals surface area (Å²) in [4.78, 5) is 30.8. The van der Waals surface area contributed by atoms with Gasteiger partial charge in [-0.05, 0) is 88.3 Å². The van der Waals surface area contributed by atoms with Crippen molar-refractivity contribution >= 4 is 34.4 Å². The number of carbonyl (C=O) groups is 2. The molecule has 0 saturated heterocycles. The van der Waals surface area contributed by atoms with Crippen molar-refractivity contribution in [3.63, 3.8) is 0 Å². The van der Waals surface area contributed by atoms with Crippen molar-refractivity contribution in [2.75, 3.05) is 0 Å². The lowest BCUT2D eigenvalue weighted by molar-refractivity contribution is 0.0696. The number of aromatic nitrogens is 1. The van der Waals surface area contributed by atoms with Crippen molar-refractivity contribution in [2.45, 2.75) is 77.7 Å². The number of aromatic carboxylic acids is 1. The predicted octanol–water partition coefficient (Wildman–Crippen LogP) is 6.55. The van der Waals surface area contributed by atoms with Crippen molar-refractivity contribution in [1.29, 1.82) is 0 Å². The Morgan fingerprint density at radius 1 is 1.06 bits per heavy atom. The monoisotopic (exact) mass is 503 g/mol. The van der Waals surface area contributed by atoms with Gasteiger partial charge in [0.1, 0.15) is 5.00 Å². The molecule has 1 fully saturated rings. The van der Waals surface area contributed by atoms with Crippen LogP contribution in [0.5, 0.6) is 0 Å². The summed E-state index contributed by atoms with van der Waals surface area (Å²) in [6.45, 7) is 4.07. The molecule has 2 aliphatic carbocycles. The summed E-state index contributed by atoms with van der Waals surface area (Å²) in [5.74, 6) is -0.894. The van der Waals surface area contributed by atoms with Crippen LogP contribution in [0.15, 0.2) is 35.3 Å². The number of benzene rings is 1. The summed E-state index contributed by atoms with van der Waals surface area (Å²) in [6, 6.07) is 9.25. The number of amides is 1. The molecule has 188 valence electrons. The molecule has 1 amide bonds. The van der Waals surface area contributed by atoms with Gasteiger partial charge in [0.25, 0.3) is 5.91 Å². The van der Waals surface area contributed by atoms with E-state index in [1.807, 2.05) is 32.2 Å². The van der Waals surface area contributed by atoms with E-state index in [0.29, 0.717) is 0 Å². The number of nitrogens with zero attached hydrogens (tertiary/aromatic N) is 2. The Bertz CT molecular complexity index is 1310. The van der Waals surface area contributed by atoms with E-state index in [1.165, 1.54) is 36.1 Å². The van der Waals surface area contributed by atoms with Gasteiger partial charge in [-0.3, -0.25) is 4.79 Å². The number of hydrogen-bond donors (Lipinski definition) is 2. The van der Waals surface area contributed by atoms with Gasteiger partial charge in [0.15, 0.2) is 0 Å². The normalized spacial score (nSPS) is 16.3. The first-order valence-electron chi connectivity index (χ1n) is 12.9. The van der Waals surface area contributed by atoms with E-state index in [2.05, 4.69) is 16.0 Å². The van der Waals surface area contributed by atoms with Gasteiger partial charge in [0.05, 0.1) is 11.1 Å². The first-order chi connectivity index (χ1) is 17.4. The van der Waals surface area contributed by atoms with E-state index in [-0.39, 0.29) is 17.5 Å². The molecular weight excluding hydrogens is 470 g/mol. The maximum absolute atomic E-state index is 13.4. The van der Waals surface area contributed by atoms with Crippen LogP contribution in [0.4, 0.5) is 5.00 Å². The van der Waals surface area contributed by atoms with Crippen LogP contribution in [0, 0.1) is 13.8 Å². The number of carboxylic acids is 1. The van der Waals surface area contributed by atoms with E-state index < -0.39 is 5.97 Å². The largest absolute Gasteiger partial charge is 0.478 e. The van der Waals surface area contributed by atoms with Crippen molar-refractivity contribution in [3.05, 3.63) is 68.9 Å². The Morgan fingerprint density at radius 3 is 2.50 bits per heavy atom. The van der Waals surface area contributed by atoms with Crippen LogP contribution < -0.4 is 5.32 Å². The van der Waals surface area contributed by atoms with Gasteiger partial charge < -0.3 is 15.0 Å². The highest BCUT2D eigenvalue weighted by atomic mass is 32.1. The molecule has 36 heavy (non-hydrogen) atoms. The van der Waals surface area contributed by atoms with Crippen LogP contribution in [-0.2, 0) is 12.8 Å². The average molecular weight is 504 g/mol. The first-order valence-corrected chi connectivity index (χ1v) is 13.8. The third-order valence-corrected chi connectivity index (χ3v) is 8.68. The number of carboxylic acid groups (broad SMARTS) is 1. The maximum atomic E-state index is 13.4. The Hall–Kier alpha value is -3.19. The van der Waals surface area contributed by atoms with E-state index in [9.17, 15) is 14.7 Å². The molecule has 0 bridgehead atoms. The molecule has 0 unspecified atom stereocenters. The lowest BCUT2D eigenvalue weighted by Crippen LogP contribution is -2.36. The SMILES string of the molecule is Cc1cc(C=Nc2sc3c(c2C(=O)NC2CCCCC2)CCCC3)c(C)n1-c1ccc(C(=O)O)cc1. The molecule has 0 aliphatic heterocycles. The summed E-state index contributed by atoms with van der Waals surface area (Å²) in [6.07, 6.45) is 11.9. The molecule has 1 saturated carbocycles. The molecule has 2 aromatic heterocycles. The molecule has 6 nitrogen and oxygen atoms in total. The standard InChI is InChI=1S/C29H33N3O3S/c1-18-16-21(19(2)32(18)23-14-12-20(13-15-23)29(34)35)17-30-28-26(24-10-6-7-11-25(24)36-28)27(33)31-22-8-4-3-5-9-22/h12-17,22H,3-11H2,1-2H3,(H,31,33)(H,34,35). The number of aliphatic imine (C=N–C) groups is 1. The second kappa shape index (κ2) is 10.4. The summed E-state index contributed by atoms with van der Waals surface area (Å²) in [7, 11) is 0. The second-order valence-electron chi connectivity index (χ2n) is 9.97. The summed E-state index contributed by atoms with van der Waals surface area (Å²) < 4.78 is 2.10. The number of carbonyl (C=O) groups excluding carboxylic acids is 1. The maximum Gasteiger partial charge on any atom is 0.335 e. The Kier molecular flexibility index (Phi) is 7.10. The Balaban J connectivity index is 1.44. The fraction of sp³-hybridized carbons (Fsp3) is 0.414. The number of fused-ring (bicyclic) bond motifs is 1. The van der Waals surface area contributed by atoms with E-state index in [1.54, 1.807) is 23.5 Å². The molecule has 0 atom stereocenters. The lowest BCUT2D eigenvalue weighted by atomic mass is 9.93. The Morgan fingerprint density at radius 2 is 1.78 bits per heavy atom. The van der Waals surface area contributed by atoms with Crippen molar-refractivity contribution < 1.29 is 14.7 Å². The molecule has 1 aromatic carbocycles. The number of thiophene rings is 1. The van der Waals surface area contributed by atoms with Gasteiger partial charge in [0, 0.05) is 39.8 Å². The van der Waals surface area contributed by atoms with E-state index in [4.69, 9.17) is 4.99 Å².